The lowest BCUT2D eigenvalue weighted by Crippen LogP contribution is -2.28. The van der Waals surface area contributed by atoms with Crippen molar-refractivity contribution in [3.8, 4) is 5.75 Å². The van der Waals surface area contributed by atoms with Gasteiger partial charge in [-0.3, -0.25) is 14.6 Å². The van der Waals surface area contributed by atoms with Gasteiger partial charge in [0, 0.05) is 18.3 Å². The highest BCUT2D eigenvalue weighted by Crippen LogP contribution is 2.21. The number of pyridine rings is 1. The lowest BCUT2D eigenvalue weighted by atomic mass is 10.2. The number of carbonyl (C=O) groups excluding carboxylic acids is 2. The van der Waals surface area contributed by atoms with E-state index in [9.17, 15) is 9.59 Å². The van der Waals surface area contributed by atoms with Gasteiger partial charge in [0.2, 0.25) is 5.91 Å². The maximum Gasteiger partial charge on any atom is 0.251 e. The van der Waals surface area contributed by atoms with E-state index >= 15 is 0 Å². The SMILES string of the molecule is C=CCn1c(SCC(=O)Nc2cccnc2)nnc1C(C)NC(=O)c1ccc(OC)cc1. The van der Waals surface area contributed by atoms with Crippen LogP contribution >= 0.6 is 11.8 Å². The van der Waals surface area contributed by atoms with E-state index in [4.69, 9.17) is 4.74 Å². The average molecular weight is 453 g/mol. The Balaban J connectivity index is 1.65. The van der Waals surface area contributed by atoms with Gasteiger partial charge in [0.25, 0.3) is 5.91 Å². The molecule has 1 atom stereocenters. The van der Waals surface area contributed by atoms with Gasteiger partial charge in [-0.2, -0.15) is 0 Å². The van der Waals surface area contributed by atoms with Crippen LogP contribution in [0.25, 0.3) is 0 Å². The minimum atomic E-state index is -0.407. The smallest absolute Gasteiger partial charge is 0.251 e. The molecule has 2 heterocycles. The second-order valence-corrected chi connectivity index (χ2v) is 7.68. The van der Waals surface area contributed by atoms with Crippen molar-refractivity contribution in [3.05, 3.63) is 72.8 Å². The highest BCUT2D eigenvalue weighted by Gasteiger charge is 2.20. The number of carbonyl (C=O) groups is 2. The van der Waals surface area contributed by atoms with Crippen molar-refractivity contribution in [2.24, 2.45) is 0 Å². The second-order valence-electron chi connectivity index (χ2n) is 6.74. The molecule has 3 aromatic rings. The Labute approximate surface area is 190 Å². The summed E-state index contributed by atoms with van der Waals surface area (Å²) in [5.41, 5.74) is 1.13. The first-order chi connectivity index (χ1) is 15.5. The molecule has 0 aliphatic rings. The van der Waals surface area contributed by atoms with Gasteiger partial charge in [-0.1, -0.05) is 17.8 Å². The Bertz CT molecular complexity index is 1070. The number of benzene rings is 1. The van der Waals surface area contributed by atoms with Gasteiger partial charge in [-0.15, -0.1) is 16.8 Å². The first-order valence-corrected chi connectivity index (χ1v) is 10.8. The predicted octanol–water partition coefficient (Wildman–Crippen LogP) is 3.09. The Hall–Kier alpha value is -3.66. The fourth-order valence-corrected chi connectivity index (χ4v) is 3.63. The van der Waals surface area contributed by atoms with Gasteiger partial charge in [-0.25, -0.2) is 0 Å². The lowest BCUT2D eigenvalue weighted by molar-refractivity contribution is -0.113. The number of anilines is 1. The number of rotatable bonds is 10. The van der Waals surface area contributed by atoms with Crippen molar-refractivity contribution in [2.75, 3.05) is 18.2 Å². The number of nitrogens with zero attached hydrogens (tertiary/aromatic N) is 4. The van der Waals surface area contributed by atoms with Crippen LogP contribution in [0.4, 0.5) is 5.69 Å². The summed E-state index contributed by atoms with van der Waals surface area (Å²) in [5, 5.41) is 14.7. The van der Waals surface area contributed by atoms with Crippen LogP contribution < -0.4 is 15.4 Å². The molecule has 0 saturated heterocycles. The number of hydrogen-bond donors (Lipinski definition) is 2. The summed E-state index contributed by atoms with van der Waals surface area (Å²) < 4.78 is 6.95. The van der Waals surface area contributed by atoms with Gasteiger partial charge < -0.3 is 19.9 Å². The third-order valence-corrected chi connectivity index (χ3v) is 5.39. The highest BCUT2D eigenvalue weighted by molar-refractivity contribution is 7.99. The molecule has 1 unspecified atom stereocenters. The molecule has 0 fully saturated rings. The minimum Gasteiger partial charge on any atom is -0.497 e. The number of amides is 2. The number of thioether (sulfide) groups is 1. The summed E-state index contributed by atoms with van der Waals surface area (Å²) in [6.45, 7) is 6.05. The molecule has 2 N–H and O–H groups in total. The van der Waals surface area contributed by atoms with Gasteiger partial charge in [0.05, 0.1) is 30.8 Å². The molecular weight excluding hydrogens is 428 g/mol. The molecule has 166 valence electrons. The predicted molar refractivity (Wildman–Crippen MR) is 123 cm³/mol. The standard InChI is InChI=1S/C22H24N6O3S/c1-4-12-28-20(15(2)24-21(30)16-7-9-18(31-3)10-8-16)26-27-22(28)32-14-19(29)25-17-6-5-11-23-13-17/h4-11,13,15H,1,12,14H2,2-3H3,(H,24,30)(H,25,29). The maximum atomic E-state index is 12.6. The van der Waals surface area contributed by atoms with E-state index < -0.39 is 6.04 Å². The normalized spacial score (nSPS) is 11.4. The van der Waals surface area contributed by atoms with Crippen LogP contribution in [0, 0.1) is 0 Å². The zero-order valence-electron chi connectivity index (χ0n) is 17.8. The Morgan fingerprint density at radius 1 is 1.25 bits per heavy atom. The molecule has 10 heteroatoms. The molecular formula is C22H24N6O3S. The summed E-state index contributed by atoms with van der Waals surface area (Å²) in [4.78, 5) is 28.8. The molecule has 2 amide bonds. The van der Waals surface area contributed by atoms with Crippen molar-refractivity contribution in [2.45, 2.75) is 24.7 Å². The molecule has 2 aromatic heterocycles. The molecule has 0 saturated carbocycles. The topological polar surface area (TPSA) is 111 Å². The van der Waals surface area contributed by atoms with Crippen LogP contribution in [-0.4, -0.2) is 44.4 Å². The highest BCUT2D eigenvalue weighted by atomic mass is 32.2. The average Bonchev–Trinajstić information content (AvgIpc) is 3.21. The molecule has 0 radical (unpaired) electrons. The van der Waals surface area contributed by atoms with Gasteiger partial charge in [0.15, 0.2) is 11.0 Å². The van der Waals surface area contributed by atoms with Gasteiger partial charge >= 0.3 is 0 Å². The fourth-order valence-electron chi connectivity index (χ4n) is 2.88. The zero-order valence-corrected chi connectivity index (χ0v) is 18.6. The monoisotopic (exact) mass is 452 g/mol. The zero-order chi connectivity index (χ0) is 22.9. The fraction of sp³-hybridized carbons (Fsp3) is 0.227. The molecule has 0 aliphatic heterocycles. The van der Waals surface area contributed by atoms with Crippen LogP contribution in [0.5, 0.6) is 5.75 Å². The van der Waals surface area contributed by atoms with Crippen molar-refractivity contribution in [1.82, 2.24) is 25.1 Å². The largest absolute Gasteiger partial charge is 0.497 e. The maximum absolute atomic E-state index is 12.6. The molecule has 0 bridgehead atoms. The van der Waals surface area contributed by atoms with E-state index in [2.05, 4.69) is 32.4 Å². The van der Waals surface area contributed by atoms with E-state index in [-0.39, 0.29) is 17.6 Å². The van der Waals surface area contributed by atoms with Crippen LogP contribution in [0.2, 0.25) is 0 Å². The molecule has 9 nitrogen and oxygen atoms in total. The summed E-state index contributed by atoms with van der Waals surface area (Å²) in [5.74, 6) is 0.977. The molecule has 0 spiro atoms. The Morgan fingerprint density at radius 3 is 2.69 bits per heavy atom. The number of ether oxygens (including phenoxy) is 1. The molecule has 0 aliphatic carbocycles. The summed E-state index contributed by atoms with van der Waals surface area (Å²) >= 11 is 1.25. The van der Waals surface area contributed by atoms with Crippen LogP contribution in [0.15, 0.2) is 66.6 Å². The quantitative estimate of drug-likeness (QED) is 0.359. The number of hydrogen-bond acceptors (Lipinski definition) is 7. The number of aromatic nitrogens is 4. The third kappa shape index (κ3) is 5.94. The van der Waals surface area contributed by atoms with Crippen molar-refractivity contribution < 1.29 is 14.3 Å². The van der Waals surface area contributed by atoms with E-state index in [0.717, 1.165) is 0 Å². The van der Waals surface area contributed by atoms with Crippen molar-refractivity contribution >= 4 is 29.3 Å². The second kappa shape index (κ2) is 11.1. The van der Waals surface area contributed by atoms with E-state index in [0.29, 0.717) is 34.5 Å². The molecule has 32 heavy (non-hydrogen) atoms. The minimum absolute atomic E-state index is 0.150. The summed E-state index contributed by atoms with van der Waals surface area (Å²) in [6, 6.07) is 9.94. The van der Waals surface area contributed by atoms with E-state index in [1.807, 2.05) is 11.5 Å². The van der Waals surface area contributed by atoms with Crippen LogP contribution in [0.1, 0.15) is 29.1 Å². The number of nitrogens with one attached hydrogen (secondary N) is 2. The number of methoxy groups -OCH3 is 1. The van der Waals surface area contributed by atoms with Crippen molar-refractivity contribution in [3.63, 3.8) is 0 Å². The first kappa shape index (κ1) is 23.0. The summed E-state index contributed by atoms with van der Waals surface area (Å²) in [6.07, 6.45) is 4.93. The Morgan fingerprint density at radius 2 is 2.03 bits per heavy atom. The van der Waals surface area contributed by atoms with Crippen LogP contribution in [0.3, 0.4) is 0 Å². The van der Waals surface area contributed by atoms with Crippen molar-refractivity contribution in [1.29, 1.82) is 0 Å². The first-order valence-electron chi connectivity index (χ1n) is 9.83. The van der Waals surface area contributed by atoms with E-state index in [1.165, 1.54) is 11.8 Å². The third-order valence-electron chi connectivity index (χ3n) is 4.42. The number of allylic oxidation sites excluding steroid dienone is 1. The summed E-state index contributed by atoms with van der Waals surface area (Å²) in [7, 11) is 1.57. The molecule has 3 rings (SSSR count). The van der Waals surface area contributed by atoms with Gasteiger partial charge in [-0.05, 0) is 43.3 Å². The van der Waals surface area contributed by atoms with Gasteiger partial charge in [0.1, 0.15) is 5.75 Å². The van der Waals surface area contributed by atoms with E-state index in [1.54, 1.807) is 62.0 Å². The molecule has 1 aromatic carbocycles. The Kier molecular flexibility index (Phi) is 7.98. The lowest BCUT2D eigenvalue weighted by Gasteiger charge is -2.15. The van der Waals surface area contributed by atoms with Crippen LogP contribution in [-0.2, 0) is 11.3 Å².